The van der Waals surface area contributed by atoms with Crippen molar-refractivity contribution < 1.29 is 18.7 Å². The highest BCUT2D eigenvalue weighted by Crippen LogP contribution is 2.27. The summed E-state index contributed by atoms with van der Waals surface area (Å²) in [5.74, 6) is -1.00. The Morgan fingerprint density at radius 2 is 1.76 bits per heavy atom. The number of pyridine rings is 1. The van der Waals surface area contributed by atoms with E-state index in [0.29, 0.717) is 12.5 Å². The van der Waals surface area contributed by atoms with Crippen LogP contribution in [0.4, 0.5) is 4.39 Å². The second-order valence-electron chi connectivity index (χ2n) is 8.17. The molecule has 160 valence electrons. The molecule has 1 amide bonds. The van der Waals surface area contributed by atoms with Crippen LogP contribution in [-0.2, 0) is 28.9 Å². The van der Waals surface area contributed by atoms with Gasteiger partial charge in [0.15, 0.2) is 0 Å². The van der Waals surface area contributed by atoms with Gasteiger partial charge in [-0.3, -0.25) is 14.4 Å². The van der Waals surface area contributed by atoms with E-state index in [0.717, 1.165) is 62.6 Å². The van der Waals surface area contributed by atoms with E-state index in [1.54, 1.807) is 6.07 Å². The van der Waals surface area contributed by atoms with Gasteiger partial charge in [0.05, 0.1) is 0 Å². The lowest BCUT2D eigenvalue weighted by molar-refractivity contribution is -0.146. The van der Waals surface area contributed by atoms with Gasteiger partial charge >= 0.3 is 5.97 Å². The van der Waals surface area contributed by atoms with Crippen molar-refractivity contribution in [2.75, 3.05) is 13.4 Å². The Hall–Kier alpha value is -2.18. The monoisotopic (exact) mass is 406 g/mol. The zero-order chi connectivity index (χ0) is 20.6. The molecule has 0 unspecified atom stereocenters. The number of nitrogens with one attached hydrogen (secondary N) is 1. The summed E-state index contributed by atoms with van der Waals surface area (Å²) in [7, 11) is 0. The van der Waals surface area contributed by atoms with Crippen molar-refractivity contribution in [3.05, 3.63) is 33.2 Å². The fourth-order valence-electron chi connectivity index (χ4n) is 4.58. The Bertz CT molecular complexity index is 784. The average Bonchev–Trinajstić information content (AvgIpc) is 2.70. The SMILES string of the molecule is O=C(CNC(=O)c1cc2c(n(CC3CCCCC3)c1=O)CCCCCC2)OCF. The lowest BCUT2D eigenvalue weighted by atomic mass is 9.88. The number of ether oxygens (including phenoxy) is 1. The molecule has 29 heavy (non-hydrogen) atoms. The molecule has 0 bridgehead atoms. The van der Waals surface area contributed by atoms with Gasteiger partial charge in [0, 0.05) is 12.2 Å². The summed E-state index contributed by atoms with van der Waals surface area (Å²) >= 11 is 0. The molecule has 0 atom stereocenters. The first-order valence-electron chi connectivity index (χ1n) is 10.9. The Morgan fingerprint density at radius 3 is 2.48 bits per heavy atom. The Labute approximate surface area is 170 Å². The molecule has 1 aromatic rings. The summed E-state index contributed by atoms with van der Waals surface area (Å²) < 4.78 is 18.1. The molecule has 3 rings (SSSR count). The lowest BCUT2D eigenvalue weighted by Gasteiger charge is -2.26. The smallest absolute Gasteiger partial charge is 0.327 e. The van der Waals surface area contributed by atoms with Gasteiger partial charge in [-0.25, -0.2) is 4.39 Å². The quantitative estimate of drug-likeness (QED) is 0.736. The van der Waals surface area contributed by atoms with Crippen molar-refractivity contribution in [2.24, 2.45) is 5.92 Å². The van der Waals surface area contributed by atoms with Crippen LogP contribution in [0.3, 0.4) is 0 Å². The number of aryl methyl sites for hydroxylation is 1. The number of esters is 1. The summed E-state index contributed by atoms with van der Waals surface area (Å²) in [6.07, 6.45) is 12.0. The predicted molar refractivity (Wildman–Crippen MR) is 108 cm³/mol. The van der Waals surface area contributed by atoms with Crippen LogP contribution in [0, 0.1) is 5.92 Å². The number of rotatable bonds is 6. The standard InChI is InChI=1S/C22H31FN2O4/c23-15-29-20(26)13-24-21(27)18-12-17-10-6-1-2-7-11-19(17)25(22(18)28)14-16-8-4-3-5-9-16/h12,16H,1-11,13-15H2,(H,24,27). The molecule has 0 aliphatic heterocycles. The van der Waals surface area contributed by atoms with Crippen LogP contribution in [0.25, 0.3) is 0 Å². The first-order valence-corrected chi connectivity index (χ1v) is 10.9. The van der Waals surface area contributed by atoms with E-state index in [1.807, 2.05) is 4.57 Å². The molecule has 1 heterocycles. The van der Waals surface area contributed by atoms with E-state index in [9.17, 15) is 18.8 Å². The van der Waals surface area contributed by atoms with Crippen molar-refractivity contribution >= 4 is 11.9 Å². The van der Waals surface area contributed by atoms with Crippen molar-refractivity contribution in [3.8, 4) is 0 Å². The number of hydrogen-bond acceptors (Lipinski definition) is 4. The minimum Gasteiger partial charge on any atom is -0.432 e. The minimum absolute atomic E-state index is 0.0631. The number of fused-ring (bicyclic) bond motifs is 1. The largest absolute Gasteiger partial charge is 0.432 e. The molecule has 0 radical (unpaired) electrons. The van der Waals surface area contributed by atoms with Crippen LogP contribution in [0.5, 0.6) is 0 Å². The van der Waals surface area contributed by atoms with E-state index < -0.39 is 25.3 Å². The fourth-order valence-corrected chi connectivity index (χ4v) is 4.58. The number of amides is 1. The second kappa shape index (κ2) is 10.6. The molecule has 7 heteroatoms. The van der Waals surface area contributed by atoms with Gasteiger partial charge in [-0.15, -0.1) is 0 Å². The number of hydrogen-bond donors (Lipinski definition) is 1. The van der Waals surface area contributed by atoms with Gasteiger partial charge < -0.3 is 14.6 Å². The Kier molecular flexibility index (Phi) is 7.83. The molecule has 2 aliphatic rings. The maximum Gasteiger partial charge on any atom is 0.327 e. The molecule has 1 saturated carbocycles. The molecular weight excluding hydrogens is 375 g/mol. The van der Waals surface area contributed by atoms with Crippen LogP contribution in [0.2, 0.25) is 0 Å². The number of nitrogens with zero attached hydrogens (tertiary/aromatic N) is 1. The van der Waals surface area contributed by atoms with Crippen LogP contribution in [0.1, 0.15) is 79.4 Å². The van der Waals surface area contributed by atoms with Crippen LogP contribution >= 0.6 is 0 Å². The summed E-state index contributed by atoms with van der Waals surface area (Å²) in [6.45, 7) is -1.03. The number of alkyl halides is 1. The van der Waals surface area contributed by atoms with Gasteiger partial charge in [0.2, 0.25) is 6.86 Å². The van der Waals surface area contributed by atoms with Crippen molar-refractivity contribution in [1.82, 2.24) is 9.88 Å². The second-order valence-corrected chi connectivity index (χ2v) is 8.17. The first-order chi connectivity index (χ1) is 14.1. The summed E-state index contributed by atoms with van der Waals surface area (Å²) in [4.78, 5) is 37.2. The third-order valence-electron chi connectivity index (χ3n) is 6.12. The molecule has 0 aromatic carbocycles. The van der Waals surface area contributed by atoms with Crippen LogP contribution in [0.15, 0.2) is 10.9 Å². The molecular formula is C22H31FN2O4. The Morgan fingerprint density at radius 1 is 1.07 bits per heavy atom. The zero-order valence-corrected chi connectivity index (χ0v) is 17.0. The molecule has 0 spiro atoms. The van der Waals surface area contributed by atoms with Gasteiger partial charge in [-0.2, -0.15) is 0 Å². The maximum atomic E-state index is 13.3. The van der Waals surface area contributed by atoms with Gasteiger partial charge in [0.1, 0.15) is 12.1 Å². The van der Waals surface area contributed by atoms with Crippen molar-refractivity contribution in [2.45, 2.75) is 77.2 Å². The molecule has 1 N–H and O–H groups in total. The van der Waals surface area contributed by atoms with Crippen molar-refractivity contribution in [3.63, 3.8) is 0 Å². The van der Waals surface area contributed by atoms with E-state index in [2.05, 4.69) is 10.1 Å². The Balaban J connectivity index is 1.90. The maximum absolute atomic E-state index is 13.3. The van der Waals surface area contributed by atoms with E-state index in [-0.39, 0.29) is 11.1 Å². The van der Waals surface area contributed by atoms with Crippen molar-refractivity contribution in [1.29, 1.82) is 0 Å². The van der Waals surface area contributed by atoms with E-state index in [1.165, 1.54) is 19.3 Å². The number of aromatic nitrogens is 1. The third-order valence-corrected chi connectivity index (χ3v) is 6.12. The first kappa shape index (κ1) is 21.5. The summed E-state index contributed by atoms with van der Waals surface area (Å²) in [6, 6.07) is 1.70. The van der Waals surface area contributed by atoms with Gasteiger partial charge in [-0.05, 0) is 56.1 Å². The summed E-state index contributed by atoms with van der Waals surface area (Å²) in [5, 5.41) is 2.40. The lowest BCUT2D eigenvalue weighted by Crippen LogP contribution is -2.38. The molecule has 1 fully saturated rings. The minimum atomic E-state index is -1.23. The molecule has 2 aliphatic carbocycles. The van der Waals surface area contributed by atoms with E-state index in [4.69, 9.17) is 0 Å². The fraction of sp³-hybridized carbons (Fsp3) is 0.682. The molecule has 1 aromatic heterocycles. The topological polar surface area (TPSA) is 77.4 Å². The summed E-state index contributed by atoms with van der Waals surface area (Å²) in [5.41, 5.74) is 1.92. The number of halogens is 1. The molecule has 6 nitrogen and oxygen atoms in total. The van der Waals surface area contributed by atoms with Crippen LogP contribution in [-0.4, -0.2) is 29.8 Å². The highest BCUT2D eigenvalue weighted by Gasteiger charge is 2.23. The number of carbonyl (C=O) groups is 2. The normalized spacial score (nSPS) is 17.7. The molecule has 0 saturated heterocycles. The highest BCUT2D eigenvalue weighted by atomic mass is 19.1. The van der Waals surface area contributed by atoms with Gasteiger partial charge in [0.25, 0.3) is 11.5 Å². The predicted octanol–water partition coefficient (Wildman–Crippen LogP) is 3.29. The average molecular weight is 406 g/mol. The highest BCUT2D eigenvalue weighted by molar-refractivity contribution is 5.95. The zero-order valence-electron chi connectivity index (χ0n) is 17.0. The number of carbonyl (C=O) groups excluding carboxylic acids is 2. The third kappa shape index (κ3) is 5.67. The van der Waals surface area contributed by atoms with Crippen LogP contribution < -0.4 is 10.9 Å². The van der Waals surface area contributed by atoms with E-state index >= 15 is 0 Å². The van der Waals surface area contributed by atoms with Gasteiger partial charge in [-0.1, -0.05) is 32.1 Å².